The van der Waals surface area contributed by atoms with Crippen molar-refractivity contribution in [2.24, 2.45) is 23.3 Å². The van der Waals surface area contributed by atoms with Crippen molar-refractivity contribution < 1.29 is 39.1 Å². The lowest BCUT2D eigenvalue weighted by Gasteiger charge is -2.50. The second-order valence-electron chi connectivity index (χ2n) is 16.0. The summed E-state index contributed by atoms with van der Waals surface area (Å²) in [6, 6.07) is 6.34. The van der Waals surface area contributed by atoms with Crippen LogP contribution in [0.1, 0.15) is 79.9 Å². The van der Waals surface area contributed by atoms with Gasteiger partial charge in [-0.05, 0) is 98.4 Å². The third kappa shape index (κ3) is 6.47. The van der Waals surface area contributed by atoms with E-state index in [4.69, 9.17) is 25.4 Å². The number of phenolic OH excluding ortho intramolecular Hbond substituents is 2. The zero-order valence-corrected chi connectivity index (χ0v) is 32.3. The Morgan fingerprint density at radius 1 is 1.19 bits per heavy atom. The topological polar surface area (TPSA) is 223 Å². The van der Waals surface area contributed by atoms with Gasteiger partial charge in [0.25, 0.3) is 0 Å². The first-order valence-electron chi connectivity index (χ1n) is 19.6. The van der Waals surface area contributed by atoms with Gasteiger partial charge < -0.3 is 56.4 Å². The number of aliphatic hydroxyl groups is 2. The number of nitrogens with two attached hydrogens (primary N) is 2. The van der Waals surface area contributed by atoms with Crippen molar-refractivity contribution >= 4 is 16.9 Å². The Bertz CT molecular complexity index is 2370. The molecule has 0 amide bonds. The van der Waals surface area contributed by atoms with E-state index in [1.807, 2.05) is 37.4 Å². The normalized spacial score (nSPS) is 28.0. The van der Waals surface area contributed by atoms with Crippen LogP contribution < -0.4 is 32.3 Å². The highest BCUT2D eigenvalue weighted by Gasteiger charge is 2.54. The third-order valence-corrected chi connectivity index (χ3v) is 12.8. The van der Waals surface area contributed by atoms with Crippen molar-refractivity contribution in [3.05, 3.63) is 121 Å². The predicted octanol–water partition coefficient (Wildman–Crippen LogP) is 4.13. The molecule has 7 unspecified atom stereocenters. The molecule has 57 heavy (non-hydrogen) atoms. The number of aromatic hydroxyl groups is 2. The van der Waals surface area contributed by atoms with Crippen molar-refractivity contribution in [1.82, 2.24) is 10.6 Å². The predicted molar refractivity (Wildman–Crippen MR) is 213 cm³/mol. The van der Waals surface area contributed by atoms with E-state index < -0.39 is 41.5 Å². The number of carbonyl (C=O) groups is 1. The Kier molecular flexibility index (Phi) is 9.95. The molecule has 1 aliphatic carbocycles. The number of fused-ring (bicyclic) bond motifs is 5. The Morgan fingerprint density at radius 2 is 2.00 bits per heavy atom. The van der Waals surface area contributed by atoms with E-state index in [1.165, 1.54) is 0 Å². The number of carbonyl (C=O) groups excluding carboxylic acids is 1. The monoisotopic (exact) mass is 778 g/mol. The minimum atomic E-state index is -1.26. The lowest BCUT2D eigenvalue weighted by Crippen LogP contribution is -2.57. The van der Waals surface area contributed by atoms with Gasteiger partial charge in [-0.3, -0.25) is 4.79 Å². The number of ether oxygens (including phenoxy) is 2. The van der Waals surface area contributed by atoms with Gasteiger partial charge in [0.05, 0.1) is 12.8 Å². The average Bonchev–Trinajstić information content (AvgIpc) is 3.24. The molecule has 5 aliphatic rings. The SMILES string of the molecule is CC=C(C)C(=O)OC1Cc2c3c(c4oc(CO)cc(=O)c4c2O)C2C4=CCNC(N)=C4C(CCc4ccc(O)cc4C2CO)CC(CC2=CNC(N)C=C2)C1(C)O3. The molecule has 5 heterocycles. The highest BCUT2D eigenvalue weighted by molar-refractivity contribution is 5.92. The lowest BCUT2D eigenvalue weighted by atomic mass is 9.65. The molecule has 8 rings (SSSR count). The molecule has 3 aromatic rings. The molecule has 0 saturated carbocycles. The lowest BCUT2D eigenvalue weighted by molar-refractivity contribution is -0.165. The van der Waals surface area contributed by atoms with Crippen LogP contribution in [-0.2, 0) is 29.0 Å². The summed E-state index contributed by atoms with van der Waals surface area (Å²) in [6.45, 7) is 4.75. The molecule has 13 nitrogen and oxygen atoms in total. The molecule has 4 aliphatic heterocycles. The maximum atomic E-state index is 14.1. The molecular weight excluding hydrogens is 729 g/mol. The first-order valence-corrected chi connectivity index (χ1v) is 19.6. The molecule has 10 N–H and O–H groups in total. The largest absolute Gasteiger partial charge is 0.508 e. The standard InChI is InChI=1S/C44H50N4O9/c1-4-21(2)43(54)56-33-17-30-39(53)37-32(52)16-27(19-49)55-41(37)38-36-28-11-12-47-42(46)35(28)24(7-6-23-8-9-26(51)15-29(23)31(36)20-50)14-25(44(33,3)57-40(30)38)13-22-5-10-34(45)48-18-22/h4-5,8-11,15-16,18,24-25,31,33-34,36,47-51,53H,6-7,12-14,17,19-20,45-46H2,1-3H3. The Hall–Kier alpha value is -5.50. The van der Waals surface area contributed by atoms with Crippen LogP contribution in [0.3, 0.4) is 0 Å². The maximum absolute atomic E-state index is 14.1. The molecule has 7 atom stereocenters. The van der Waals surface area contributed by atoms with E-state index >= 15 is 0 Å². The second kappa shape index (κ2) is 14.8. The van der Waals surface area contributed by atoms with Crippen LogP contribution in [0.15, 0.2) is 92.1 Å². The van der Waals surface area contributed by atoms with Gasteiger partial charge in [0.1, 0.15) is 58.1 Å². The van der Waals surface area contributed by atoms with Crippen LogP contribution in [0.4, 0.5) is 0 Å². The molecule has 1 aromatic heterocycles. The van der Waals surface area contributed by atoms with Gasteiger partial charge in [-0.15, -0.1) is 0 Å². The van der Waals surface area contributed by atoms with E-state index in [0.29, 0.717) is 54.7 Å². The fourth-order valence-electron chi connectivity index (χ4n) is 9.68. The van der Waals surface area contributed by atoms with Crippen molar-refractivity contribution in [2.45, 2.75) is 89.2 Å². The quantitative estimate of drug-likeness (QED) is 0.130. The number of rotatable bonds is 6. The van der Waals surface area contributed by atoms with Gasteiger partial charge in [0.15, 0.2) is 5.43 Å². The van der Waals surface area contributed by atoms with Crippen molar-refractivity contribution in [3.8, 4) is 17.2 Å². The van der Waals surface area contributed by atoms with Crippen LogP contribution >= 0.6 is 0 Å². The Morgan fingerprint density at radius 3 is 2.72 bits per heavy atom. The highest BCUT2D eigenvalue weighted by Crippen LogP contribution is 2.59. The van der Waals surface area contributed by atoms with Crippen LogP contribution in [-0.4, -0.2) is 57.4 Å². The molecule has 300 valence electrons. The van der Waals surface area contributed by atoms with Gasteiger partial charge in [-0.25, -0.2) is 4.79 Å². The summed E-state index contributed by atoms with van der Waals surface area (Å²) >= 11 is 0. The first kappa shape index (κ1) is 38.4. The Labute approximate surface area is 330 Å². The van der Waals surface area contributed by atoms with Crippen LogP contribution in [0.25, 0.3) is 11.0 Å². The number of aryl methyl sites for hydroxylation is 1. The summed E-state index contributed by atoms with van der Waals surface area (Å²) in [5.74, 6) is -2.32. The van der Waals surface area contributed by atoms with Crippen molar-refractivity contribution in [3.63, 3.8) is 0 Å². The van der Waals surface area contributed by atoms with Crippen LogP contribution in [0.2, 0.25) is 0 Å². The highest BCUT2D eigenvalue weighted by atomic mass is 16.6. The molecule has 4 bridgehead atoms. The number of benzene rings is 2. The van der Waals surface area contributed by atoms with E-state index in [2.05, 4.69) is 10.6 Å². The summed E-state index contributed by atoms with van der Waals surface area (Å²) < 4.78 is 20.2. The molecule has 0 fully saturated rings. The molecular formula is C44H50N4O9. The van der Waals surface area contributed by atoms with Crippen LogP contribution in [0, 0.1) is 11.8 Å². The van der Waals surface area contributed by atoms with Crippen molar-refractivity contribution in [2.75, 3.05) is 13.2 Å². The number of allylic oxidation sites excluding steroid dienone is 5. The fourth-order valence-corrected chi connectivity index (χ4v) is 9.68. The molecule has 13 heteroatoms. The molecule has 0 saturated heterocycles. The summed E-state index contributed by atoms with van der Waals surface area (Å²) in [4.78, 5) is 27.8. The number of hydrogen-bond acceptors (Lipinski definition) is 13. The first-order chi connectivity index (χ1) is 27.4. The van der Waals surface area contributed by atoms with E-state index in [9.17, 15) is 30.0 Å². The zero-order chi connectivity index (χ0) is 40.3. The molecule has 0 spiro atoms. The maximum Gasteiger partial charge on any atom is 0.333 e. The average molecular weight is 779 g/mol. The number of dihydropyridines is 2. The molecule has 0 radical (unpaired) electrons. The Balaban J connectivity index is 1.51. The summed E-state index contributed by atoms with van der Waals surface area (Å²) in [5.41, 5.74) is 16.6. The van der Waals surface area contributed by atoms with E-state index in [-0.39, 0.29) is 70.6 Å². The van der Waals surface area contributed by atoms with E-state index in [0.717, 1.165) is 28.3 Å². The second-order valence-corrected chi connectivity index (χ2v) is 16.0. The summed E-state index contributed by atoms with van der Waals surface area (Å²) in [6.07, 6.45) is 10.4. The van der Waals surface area contributed by atoms with Gasteiger partial charge in [-0.1, -0.05) is 24.3 Å². The van der Waals surface area contributed by atoms with Gasteiger partial charge in [0.2, 0.25) is 0 Å². The molecule has 2 aromatic carbocycles. The van der Waals surface area contributed by atoms with Gasteiger partial charge in [-0.2, -0.15) is 0 Å². The van der Waals surface area contributed by atoms with E-state index in [1.54, 1.807) is 32.1 Å². The minimum absolute atomic E-state index is 0.00288. The number of hydrogen-bond donors (Lipinski definition) is 8. The summed E-state index contributed by atoms with van der Waals surface area (Å²) in [5, 5.41) is 51.4. The summed E-state index contributed by atoms with van der Waals surface area (Å²) in [7, 11) is 0. The van der Waals surface area contributed by atoms with Crippen molar-refractivity contribution in [1.29, 1.82) is 0 Å². The number of nitrogens with one attached hydrogen (secondary N) is 2. The number of phenols is 2. The van der Waals surface area contributed by atoms with Gasteiger partial charge in [0, 0.05) is 59.7 Å². The van der Waals surface area contributed by atoms with Crippen LogP contribution in [0.5, 0.6) is 17.2 Å². The fraction of sp³-hybridized carbons (Fsp3) is 0.409. The third-order valence-electron chi connectivity index (χ3n) is 12.8. The zero-order valence-electron chi connectivity index (χ0n) is 32.3. The minimum Gasteiger partial charge on any atom is -0.508 e. The smallest absolute Gasteiger partial charge is 0.333 e. The number of aliphatic hydroxyl groups excluding tert-OH is 2. The number of esters is 1. The van der Waals surface area contributed by atoms with Gasteiger partial charge >= 0.3 is 5.97 Å².